The number of nitrogens with zero attached hydrogens (tertiary/aromatic N) is 1. The van der Waals surface area contributed by atoms with Crippen molar-refractivity contribution in [3.63, 3.8) is 0 Å². The summed E-state index contributed by atoms with van der Waals surface area (Å²) in [6.07, 6.45) is 1.71. The Balaban J connectivity index is 1.80. The van der Waals surface area contributed by atoms with Gasteiger partial charge in [-0.15, -0.1) is 0 Å². The summed E-state index contributed by atoms with van der Waals surface area (Å²) in [6.45, 7) is 0.627. The van der Waals surface area contributed by atoms with E-state index < -0.39 is 5.76 Å². The second kappa shape index (κ2) is 4.37. The standard InChI is InChI=1S/C13H11N3O2/c17-13-16-12-11(18-13)6-9(8-15-12)7-14-10-4-2-1-3-5-10/h1-6,8,14H,7H2,(H,15,16,17). The van der Waals surface area contributed by atoms with Gasteiger partial charge in [0.1, 0.15) is 0 Å². The summed E-state index contributed by atoms with van der Waals surface area (Å²) in [5.41, 5.74) is 2.94. The molecule has 0 aliphatic heterocycles. The second-order valence-electron chi connectivity index (χ2n) is 3.92. The van der Waals surface area contributed by atoms with Crippen molar-refractivity contribution in [2.24, 2.45) is 0 Å². The Morgan fingerprint density at radius 3 is 2.94 bits per heavy atom. The number of fused-ring (bicyclic) bond motifs is 1. The Kier molecular flexibility index (Phi) is 2.57. The third-order valence-corrected chi connectivity index (χ3v) is 2.60. The highest BCUT2D eigenvalue weighted by molar-refractivity contribution is 5.67. The monoisotopic (exact) mass is 241 g/mol. The molecule has 1 aromatic carbocycles. The van der Waals surface area contributed by atoms with Gasteiger partial charge in [0.2, 0.25) is 0 Å². The molecule has 0 unspecified atom stereocenters. The first-order valence-corrected chi connectivity index (χ1v) is 5.58. The van der Waals surface area contributed by atoms with Crippen LogP contribution in [0.1, 0.15) is 5.56 Å². The Hall–Kier alpha value is -2.56. The van der Waals surface area contributed by atoms with E-state index in [4.69, 9.17) is 4.42 Å². The molecule has 3 rings (SSSR count). The first-order valence-electron chi connectivity index (χ1n) is 5.58. The van der Waals surface area contributed by atoms with E-state index in [0.717, 1.165) is 11.3 Å². The fraction of sp³-hybridized carbons (Fsp3) is 0.0769. The summed E-state index contributed by atoms with van der Waals surface area (Å²) in [4.78, 5) is 17.6. The molecule has 18 heavy (non-hydrogen) atoms. The van der Waals surface area contributed by atoms with Crippen LogP contribution in [0.3, 0.4) is 0 Å². The molecule has 0 spiro atoms. The van der Waals surface area contributed by atoms with Crippen molar-refractivity contribution in [3.8, 4) is 0 Å². The highest BCUT2D eigenvalue weighted by atomic mass is 16.4. The van der Waals surface area contributed by atoms with Crippen LogP contribution in [0.2, 0.25) is 0 Å². The highest BCUT2D eigenvalue weighted by Gasteiger charge is 2.03. The van der Waals surface area contributed by atoms with Crippen molar-refractivity contribution in [1.29, 1.82) is 0 Å². The molecule has 0 saturated carbocycles. The van der Waals surface area contributed by atoms with Gasteiger partial charge < -0.3 is 9.73 Å². The van der Waals surface area contributed by atoms with Gasteiger partial charge in [0.25, 0.3) is 0 Å². The van der Waals surface area contributed by atoms with Gasteiger partial charge in [0, 0.05) is 18.4 Å². The van der Waals surface area contributed by atoms with Crippen LogP contribution >= 0.6 is 0 Å². The van der Waals surface area contributed by atoms with Gasteiger partial charge in [-0.25, -0.2) is 9.78 Å². The van der Waals surface area contributed by atoms with Crippen molar-refractivity contribution >= 4 is 16.9 Å². The van der Waals surface area contributed by atoms with E-state index in [2.05, 4.69) is 15.3 Å². The van der Waals surface area contributed by atoms with Gasteiger partial charge >= 0.3 is 5.76 Å². The van der Waals surface area contributed by atoms with Crippen LogP contribution in [0.15, 0.2) is 51.8 Å². The van der Waals surface area contributed by atoms with E-state index in [1.165, 1.54) is 0 Å². The van der Waals surface area contributed by atoms with Crippen LogP contribution in [-0.2, 0) is 6.54 Å². The zero-order valence-corrected chi connectivity index (χ0v) is 9.51. The molecule has 0 fully saturated rings. The van der Waals surface area contributed by atoms with Crippen LogP contribution < -0.4 is 11.1 Å². The smallest absolute Gasteiger partial charge is 0.406 e. The Labute approximate surface area is 102 Å². The molecule has 2 N–H and O–H groups in total. The first-order chi connectivity index (χ1) is 8.81. The zero-order chi connectivity index (χ0) is 12.4. The largest absolute Gasteiger partial charge is 0.418 e. The number of hydrogen-bond acceptors (Lipinski definition) is 4. The van der Waals surface area contributed by atoms with Crippen LogP contribution in [0.25, 0.3) is 11.2 Å². The summed E-state index contributed by atoms with van der Waals surface area (Å²) >= 11 is 0. The first kappa shape index (κ1) is 10.6. The van der Waals surface area contributed by atoms with Gasteiger partial charge in [-0.05, 0) is 23.8 Å². The number of rotatable bonds is 3. The number of H-pyrrole nitrogens is 1. The number of aromatic amines is 1. The lowest BCUT2D eigenvalue weighted by molar-refractivity contribution is 0.555. The molecule has 0 aliphatic carbocycles. The van der Waals surface area contributed by atoms with Gasteiger partial charge in [0.05, 0.1) is 0 Å². The van der Waals surface area contributed by atoms with E-state index in [1.54, 1.807) is 12.3 Å². The number of nitrogens with one attached hydrogen (secondary N) is 2. The number of oxazole rings is 1. The summed E-state index contributed by atoms with van der Waals surface area (Å²) < 4.78 is 4.96. The predicted octanol–water partition coefficient (Wildman–Crippen LogP) is 2.13. The van der Waals surface area contributed by atoms with Gasteiger partial charge in [-0.3, -0.25) is 4.98 Å². The van der Waals surface area contributed by atoms with Crippen LogP contribution in [-0.4, -0.2) is 9.97 Å². The molecule has 2 heterocycles. The summed E-state index contributed by atoms with van der Waals surface area (Å²) in [5, 5.41) is 3.26. The molecular weight excluding hydrogens is 230 g/mol. The maximum Gasteiger partial charge on any atom is 0.418 e. The normalized spacial score (nSPS) is 10.7. The number of benzene rings is 1. The maximum atomic E-state index is 11.0. The quantitative estimate of drug-likeness (QED) is 0.736. The van der Waals surface area contributed by atoms with E-state index in [-0.39, 0.29) is 0 Å². The van der Waals surface area contributed by atoms with Gasteiger partial charge in [-0.1, -0.05) is 18.2 Å². The summed E-state index contributed by atoms with van der Waals surface area (Å²) in [5.74, 6) is -0.481. The van der Waals surface area contributed by atoms with Crippen LogP contribution in [0, 0.1) is 0 Å². The Morgan fingerprint density at radius 2 is 2.11 bits per heavy atom. The molecule has 0 radical (unpaired) electrons. The lowest BCUT2D eigenvalue weighted by atomic mass is 10.2. The third kappa shape index (κ3) is 2.10. The Morgan fingerprint density at radius 1 is 1.28 bits per heavy atom. The number of anilines is 1. The van der Waals surface area contributed by atoms with Crippen molar-refractivity contribution < 1.29 is 4.42 Å². The molecule has 5 nitrogen and oxygen atoms in total. The lowest BCUT2D eigenvalue weighted by Crippen LogP contribution is -1.99. The minimum atomic E-state index is -0.481. The van der Waals surface area contributed by atoms with Gasteiger partial charge in [-0.2, -0.15) is 0 Å². The van der Waals surface area contributed by atoms with Crippen molar-refractivity contribution in [1.82, 2.24) is 9.97 Å². The highest BCUT2D eigenvalue weighted by Crippen LogP contribution is 2.11. The average Bonchev–Trinajstić information content (AvgIpc) is 2.77. The SMILES string of the molecule is O=c1[nH]c2ncc(CNc3ccccc3)cc2o1. The average molecular weight is 241 g/mol. The molecule has 90 valence electrons. The van der Waals surface area contributed by atoms with Crippen LogP contribution in [0.4, 0.5) is 5.69 Å². The predicted molar refractivity (Wildman–Crippen MR) is 68.4 cm³/mol. The summed E-state index contributed by atoms with van der Waals surface area (Å²) in [6, 6.07) is 11.7. The maximum absolute atomic E-state index is 11.0. The molecule has 0 saturated heterocycles. The Bertz CT molecular complexity index is 716. The summed E-state index contributed by atoms with van der Waals surface area (Å²) in [7, 11) is 0. The number of aromatic nitrogens is 2. The minimum Gasteiger partial charge on any atom is -0.406 e. The fourth-order valence-electron chi connectivity index (χ4n) is 1.74. The van der Waals surface area contributed by atoms with Crippen molar-refractivity contribution in [2.75, 3.05) is 5.32 Å². The molecule has 3 aromatic rings. The topological polar surface area (TPSA) is 70.9 Å². The molecule has 0 bridgehead atoms. The molecule has 0 aliphatic rings. The zero-order valence-electron chi connectivity index (χ0n) is 9.51. The number of hydrogen-bond donors (Lipinski definition) is 2. The number of pyridine rings is 1. The van der Waals surface area contributed by atoms with E-state index in [0.29, 0.717) is 17.8 Å². The van der Waals surface area contributed by atoms with E-state index >= 15 is 0 Å². The molecule has 5 heteroatoms. The van der Waals surface area contributed by atoms with Crippen molar-refractivity contribution in [3.05, 3.63) is 58.7 Å². The molecule has 2 aromatic heterocycles. The molecule has 0 atom stereocenters. The fourth-order valence-corrected chi connectivity index (χ4v) is 1.74. The lowest BCUT2D eigenvalue weighted by Gasteiger charge is -2.05. The minimum absolute atomic E-state index is 0.475. The van der Waals surface area contributed by atoms with E-state index in [9.17, 15) is 4.79 Å². The third-order valence-electron chi connectivity index (χ3n) is 2.60. The molecular formula is C13H11N3O2. The van der Waals surface area contributed by atoms with E-state index in [1.807, 2.05) is 30.3 Å². The van der Waals surface area contributed by atoms with Crippen LogP contribution in [0.5, 0.6) is 0 Å². The second-order valence-corrected chi connectivity index (χ2v) is 3.92. The van der Waals surface area contributed by atoms with Gasteiger partial charge in [0.15, 0.2) is 11.2 Å². The number of para-hydroxylation sites is 1. The van der Waals surface area contributed by atoms with Crippen molar-refractivity contribution in [2.45, 2.75) is 6.54 Å². The molecule has 0 amide bonds.